The summed E-state index contributed by atoms with van der Waals surface area (Å²) in [7, 11) is 2.03. The van der Waals surface area contributed by atoms with Crippen molar-refractivity contribution in [2.75, 3.05) is 26.7 Å². The first-order valence-electron chi connectivity index (χ1n) is 7.48. The van der Waals surface area contributed by atoms with Gasteiger partial charge in [0, 0.05) is 37.3 Å². The lowest BCUT2D eigenvalue weighted by atomic mass is 10.0. The van der Waals surface area contributed by atoms with Crippen LogP contribution in [0.15, 0.2) is 30.5 Å². The molecule has 4 nitrogen and oxygen atoms in total. The molecule has 0 aliphatic carbocycles. The van der Waals surface area contributed by atoms with E-state index in [0.717, 1.165) is 18.6 Å². The third-order valence-electron chi connectivity index (χ3n) is 3.83. The van der Waals surface area contributed by atoms with Gasteiger partial charge in [-0.05, 0) is 44.2 Å². The number of hydrogen-bond donors (Lipinski definition) is 2. The number of fused-ring (bicyclic) bond motifs is 1. The van der Waals surface area contributed by atoms with Gasteiger partial charge in [-0.25, -0.2) is 0 Å². The highest BCUT2D eigenvalue weighted by atomic mass is 16.3. The molecular formula is C17H25N3O. The quantitative estimate of drug-likeness (QED) is 0.817. The lowest BCUT2D eigenvalue weighted by molar-refractivity contribution is 0.210. The van der Waals surface area contributed by atoms with E-state index in [0.29, 0.717) is 12.6 Å². The van der Waals surface area contributed by atoms with Crippen molar-refractivity contribution < 1.29 is 5.11 Å². The Morgan fingerprint density at radius 1 is 1.33 bits per heavy atom. The molecule has 4 heteroatoms. The normalized spacial score (nSPS) is 13.0. The van der Waals surface area contributed by atoms with Crippen LogP contribution in [0, 0.1) is 6.92 Å². The molecule has 1 aromatic carbocycles. The summed E-state index contributed by atoms with van der Waals surface area (Å²) in [5.41, 5.74) is 3.65. The van der Waals surface area contributed by atoms with E-state index in [-0.39, 0.29) is 6.61 Å². The third-order valence-corrected chi connectivity index (χ3v) is 3.83. The Kier molecular flexibility index (Phi) is 5.67. The average Bonchev–Trinajstić information content (AvgIpc) is 2.46. The maximum Gasteiger partial charge on any atom is 0.0705 e. The van der Waals surface area contributed by atoms with Crippen LogP contribution in [0.5, 0.6) is 0 Å². The molecule has 2 N–H and O–H groups in total. The average molecular weight is 287 g/mol. The molecule has 1 atom stereocenters. The summed E-state index contributed by atoms with van der Waals surface area (Å²) in [5.74, 6) is 0. The molecule has 0 bridgehead atoms. The standard InChI is InChI=1S/C17H25N3O/c1-13-6-7-17-15(5-4-8-18-17)16(13)11-19-14(2)12-20(3)9-10-21/h4-8,14,19,21H,9-12H2,1-3H3. The van der Waals surface area contributed by atoms with Gasteiger partial charge in [0.25, 0.3) is 0 Å². The lowest BCUT2D eigenvalue weighted by Crippen LogP contribution is -2.38. The number of likely N-dealkylation sites (N-methyl/N-ethyl adjacent to an activating group) is 1. The number of benzene rings is 1. The van der Waals surface area contributed by atoms with E-state index in [4.69, 9.17) is 5.11 Å². The van der Waals surface area contributed by atoms with E-state index in [1.807, 2.05) is 19.3 Å². The van der Waals surface area contributed by atoms with E-state index in [1.54, 1.807) is 0 Å². The molecule has 0 aliphatic heterocycles. The molecule has 0 radical (unpaired) electrons. The fraction of sp³-hybridized carbons (Fsp3) is 0.471. The zero-order valence-electron chi connectivity index (χ0n) is 13.1. The Bertz CT molecular complexity index is 585. The van der Waals surface area contributed by atoms with Crippen LogP contribution in [0.2, 0.25) is 0 Å². The number of rotatable bonds is 7. The van der Waals surface area contributed by atoms with Crippen molar-refractivity contribution in [2.24, 2.45) is 0 Å². The number of nitrogens with zero attached hydrogens (tertiary/aromatic N) is 2. The molecule has 0 fully saturated rings. The fourth-order valence-corrected chi connectivity index (χ4v) is 2.63. The van der Waals surface area contributed by atoms with Crippen molar-refractivity contribution in [3.63, 3.8) is 0 Å². The topological polar surface area (TPSA) is 48.4 Å². The summed E-state index contributed by atoms with van der Waals surface area (Å²) in [6, 6.07) is 8.70. The van der Waals surface area contributed by atoms with Crippen LogP contribution < -0.4 is 5.32 Å². The van der Waals surface area contributed by atoms with Gasteiger partial charge in [-0.2, -0.15) is 0 Å². The minimum atomic E-state index is 0.206. The lowest BCUT2D eigenvalue weighted by Gasteiger charge is -2.22. The highest BCUT2D eigenvalue weighted by Crippen LogP contribution is 2.20. The number of aliphatic hydroxyl groups is 1. The molecule has 1 heterocycles. The van der Waals surface area contributed by atoms with Crippen LogP contribution in [0.4, 0.5) is 0 Å². The van der Waals surface area contributed by atoms with E-state index in [1.165, 1.54) is 16.5 Å². The first kappa shape index (κ1) is 15.9. The second kappa shape index (κ2) is 7.50. The predicted octanol–water partition coefficient (Wildman–Crippen LogP) is 1.95. The van der Waals surface area contributed by atoms with E-state index >= 15 is 0 Å². The predicted molar refractivity (Wildman–Crippen MR) is 87.4 cm³/mol. The van der Waals surface area contributed by atoms with Gasteiger partial charge in [0.1, 0.15) is 0 Å². The van der Waals surface area contributed by atoms with E-state index in [2.05, 4.69) is 47.2 Å². The molecule has 1 aromatic heterocycles. The van der Waals surface area contributed by atoms with Gasteiger partial charge in [-0.15, -0.1) is 0 Å². The van der Waals surface area contributed by atoms with Crippen LogP contribution in [-0.4, -0.2) is 47.8 Å². The minimum Gasteiger partial charge on any atom is -0.395 e. The summed E-state index contributed by atoms with van der Waals surface area (Å²) in [6.07, 6.45) is 1.83. The monoisotopic (exact) mass is 287 g/mol. The van der Waals surface area contributed by atoms with Gasteiger partial charge in [0.05, 0.1) is 12.1 Å². The van der Waals surface area contributed by atoms with Crippen molar-refractivity contribution in [2.45, 2.75) is 26.4 Å². The molecule has 2 aromatic rings. The minimum absolute atomic E-state index is 0.206. The molecule has 0 aliphatic rings. The number of nitrogens with one attached hydrogen (secondary N) is 1. The number of hydrogen-bond acceptors (Lipinski definition) is 4. The number of aryl methyl sites for hydroxylation is 1. The van der Waals surface area contributed by atoms with Gasteiger partial charge in [0.2, 0.25) is 0 Å². The Labute approximate surface area is 126 Å². The van der Waals surface area contributed by atoms with Crippen molar-refractivity contribution in [3.8, 4) is 0 Å². The Hall–Kier alpha value is -1.49. The Balaban J connectivity index is 2.04. The van der Waals surface area contributed by atoms with Crippen molar-refractivity contribution in [1.29, 1.82) is 0 Å². The maximum atomic E-state index is 8.94. The zero-order chi connectivity index (χ0) is 15.2. The molecular weight excluding hydrogens is 262 g/mol. The van der Waals surface area contributed by atoms with E-state index in [9.17, 15) is 0 Å². The molecule has 2 rings (SSSR count). The Morgan fingerprint density at radius 3 is 2.90 bits per heavy atom. The molecule has 0 spiro atoms. The highest BCUT2D eigenvalue weighted by Gasteiger charge is 2.09. The largest absolute Gasteiger partial charge is 0.395 e. The number of pyridine rings is 1. The summed E-state index contributed by atoms with van der Waals surface area (Å²) in [5, 5.41) is 13.7. The second-order valence-corrected chi connectivity index (χ2v) is 5.70. The molecule has 0 saturated carbocycles. The zero-order valence-corrected chi connectivity index (χ0v) is 13.1. The van der Waals surface area contributed by atoms with Crippen molar-refractivity contribution in [3.05, 3.63) is 41.6 Å². The summed E-state index contributed by atoms with van der Waals surface area (Å²) < 4.78 is 0. The molecule has 21 heavy (non-hydrogen) atoms. The highest BCUT2D eigenvalue weighted by molar-refractivity contribution is 5.83. The summed E-state index contributed by atoms with van der Waals surface area (Å²) in [4.78, 5) is 6.55. The first-order chi connectivity index (χ1) is 10.1. The summed E-state index contributed by atoms with van der Waals surface area (Å²) >= 11 is 0. The van der Waals surface area contributed by atoms with Crippen LogP contribution in [0.1, 0.15) is 18.1 Å². The van der Waals surface area contributed by atoms with Crippen molar-refractivity contribution in [1.82, 2.24) is 15.2 Å². The molecule has 0 saturated heterocycles. The van der Waals surface area contributed by atoms with Gasteiger partial charge in [0.15, 0.2) is 0 Å². The maximum absolute atomic E-state index is 8.94. The van der Waals surface area contributed by atoms with Gasteiger partial charge < -0.3 is 15.3 Å². The molecule has 114 valence electrons. The van der Waals surface area contributed by atoms with Gasteiger partial charge >= 0.3 is 0 Å². The SMILES string of the molecule is Cc1ccc2ncccc2c1CNC(C)CN(C)CCO. The Morgan fingerprint density at radius 2 is 2.14 bits per heavy atom. The van der Waals surface area contributed by atoms with Crippen molar-refractivity contribution >= 4 is 10.9 Å². The van der Waals surface area contributed by atoms with Crippen LogP contribution in [-0.2, 0) is 6.54 Å². The third kappa shape index (κ3) is 4.24. The second-order valence-electron chi connectivity index (χ2n) is 5.70. The number of aliphatic hydroxyl groups excluding tert-OH is 1. The molecule has 1 unspecified atom stereocenters. The van der Waals surface area contributed by atoms with Gasteiger partial charge in [-0.1, -0.05) is 12.1 Å². The summed E-state index contributed by atoms with van der Waals surface area (Å²) in [6.45, 7) is 6.99. The fourth-order valence-electron chi connectivity index (χ4n) is 2.63. The molecule has 0 amide bonds. The van der Waals surface area contributed by atoms with Crippen LogP contribution >= 0.6 is 0 Å². The van der Waals surface area contributed by atoms with E-state index < -0.39 is 0 Å². The smallest absolute Gasteiger partial charge is 0.0705 e. The van der Waals surface area contributed by atoms with Crippen LogP contribution in [0.25, 0.3) is 10.9 Å². The first-order valence-corrected chi connectivity index (χ1v) is 7.48. The van der Waals surface area contributed by atoms with Crippen LogP contribution in [0.3, 0.4) is 0 Å². The van der Waals surface area contributed by atoms with Gasteiger partial charge in [-0.3, -0.25) is 4.98 Å². The number of aromatic nitrogens is 1.